The predicted octanol–water partition coefficient (Wildman–Crippen LogP) is -0.487. The normalized spacial score (nSPS) is 12.3. The summed E-state index contributed by atoms with van der Waals surface area (Å²) in [6.45, 7) is 6.01. The van der Waals surface area contributed by atoms with Gasteiger partial charge in [-0.05, 0) is 20.8 Å². The molecule has 0 rings (SSSR count). The van der Waals surface area contributed by atoms with Gasteiger partial charge in [0.05, 0.1) is 32.9 Å². The highest BCUT2D eigenvalue weighted by atomic mass is 17.2. The maximum atomic E-state index is 12.3. The number of carboxylic acid groups (broad SMARTS) is 1. The molecule has 0 aromatic heterocycles. The van der Waals surface area contributed by atoms with Gasteiger partial charge in [0.1, 0.15) is 6.73 Å². The highest BCUT2D eigenvalue weighted by Crippen LogP contribution is 2.08. The van der Waals surface area contributed by atoms with Crippen LogP contribution in [0.3, 0.4) is 0 Å². The summed E-state index contributed by atoms with van der Waals surface area (Å²) in [7, 11) is 4.67. The van der Waals surface area contributed by atoms with E-state index in [0.29, 0.717) is 13.1 Å². The molecular formula is C16H32N4O6. The Morgan fingerprint density at radius 2 is 1.38 bits per heavy atom. The zero-order chi connectivity index (χ0) is 20.3. The second-order valence-corrected chi connectivity index (χ2v) is 5.91. The first-order valence-electron chi connectivity index (χ1n) is 8.51. The number of hydrogen-bond donors (Lipinski definition) is 1. The van der Waals surface area contributed by atoms with E-state index in [2.05, 4.69) is 4.89 Å². The maximum absolute atomic E-state index is 12.3. The summed E-state index contributed by atoms with van der Waals surface area (Å²) in [6, 6.07) is 0. The number of carbonyl (C=O) groups excluding carboxylic acids is 2. The van der Waals surface area contributed by atoms with Crippen LogP contribution < -0.4 is 0 Å². The van der Waals surface area contributed by atoms with E-state index in [1.807, 2.05) is 13.8 Å². The number of rotatable bonds is 13. The van der Waals surface area contributed by atoms with Gasteiger partial charge in [0, 0.05) is 27.2 Å². The van der Waals surface area contributed by atoms with Gasteiger partial charge in [-0.25, -0.2) is 9.78 Å². The van der Waals surface area contributed by atoms with E-state index in [4.69, 9.17) is 4.89 Å². The Balaban J connectivity index is 5.30. The summed E-state index contributed by atoms with van der Waals surface area (Å²) < 4.78 is 0. The molecule has 26 heavy (non-hydrogen) atoms. The molecule has 0 bridgehead atoms. The van der Waals surface area contributed by atoms with Gasteiger partial charge in [-0.15, -0.1) is 0 Å². The quantitative estimate of drug-likeness (QED) is 0.261. The summed E-state index contributed by atoms with van der Waals surface area (Å²) in [4.78, 5) is 51.4. The molecule has 0 fully saturated rings. The Morgan fingerprint density at radius 3 is 1.77 bits per heavy atom. The molecule has 0 saturated carbocycles. The van der Waals surface area contributed by atoms with Crippen LogP contribution in [0.1, 0.15) is 20.8 Å². The smallest absolute Gasteiger partial charge is 0.317 e. The Bertz CT molecular complexity index is 462. The second-order valence-electron chi connectivity index (χ2n) is 5.91. The number of hydrogen-bond acceptors (Lipinski definition) is 7. The maximum Gasteiger partial charge on any atom is 0.317 e. The van der Waals surface area contributed by atoms with Crippen molar-refractivity contribution in [2.45, 2.75) is 26.9 Å². The van der Waals surface area contributed by atoms with Crippen molar-refractivity contribution >= 4 is 17.8 Å². The molecule has 0 radical (unpaired) electrons. The molecule has 0 aliphatic heterocycles. The van der Waals surface area contributed by atoms with E-state index < -0.39 is 12.1 Å². The minimum Gasteiger partial charge on any atom is -0.480 e. The summed E-state index contributed by atoms with van der Waals surface area (Å²) in [6.07, 6.45) is -0.537. The fourth-order valence-electron chi connectivity index (χ4n) is 2.07. The van der Waals surface area contributed by atoms with Gasteiger partial charge < -0.3 is 14.9 Å². The number of likely N-dealkylation sites (N-methyl/N-ethyl adjacent to an activating group) is 2. The van der Waals surface area contributed by atoms with E-state index in [9.17, 15) is 19.5 Å². The average molecular weight is 376 g/mol. The lowest BCUT2D eigenvalue weighted by Crippen LogP contribution is -2.54. The summed E-state index contributed by atoms with van der Waals surface area (Å²) >= 11 is 0. The standard InChI is InChI=1S/C16H32N4O6/c1-7-17(4)14(21)9-19(11-16(23)24)13(3)20(12-26-25-6)10-15(22)18(5)8-2/h13H,7-12H2,1-6H3,(H,23,24). The van der Waals surface area contributed by atoms with E-state index in [0.717, 1.165) is 0 Å². The minimum absolute atomic E-state index is 0.00277. The van der Waals surface area contributed by atoms with Gasteiger partial charge in [-0.3, -0.25) is 24.2 Å². The third-order valence-corrected chi connectivity index (χ3v) is 4.21. The van der Waals surface area contributed by atoms with Gasteiger partial charge in [-0.2, -0.15) is 0 Å². The van der Waals surface area contributed by atoms with Crippen molar-refractivity contribution in [1.29, 1.82) is 0 Å². The van der Waals surface area contributed by atoms with Crippen molar-refractivity contribution in [3.8, 4) is 0 Å². The van der Waals surface area contributed by atoms with Crippen molar-refractivity contribution in [2.75, 3.05) is 60.7 Å². The topological polar surface area (TPSA) is 103 Å². The van der Waals surface area contributed by atoms with Crippen LogP contribution in [0.5, 0.6) is 0 Å². The molecule has 0 saturated heterocycles. The van der Waals surface area contributed by atoms with Crippen LogP contribution in [0.2, 0.25) is 0 Å². The summed E-state index contributed by atoms with van der Waals surface area (Å²) in [5, 5.41) is 9.19. The van der Waals surface area contributed by atoms with Gasteiger partial charge in [0.15, 0.2) is 0 Å². The van der Waals surface area contributed by atoms with Crippen LogP contribution in [0.15, 0.2) is 0 Å². The number of amides is 2. The van der Waals surface area contributed by atoms with Crippen molar-refractivity contribution < 1.29 is 29.3 Å². The fraction of sp³-hybridized carbons (Fsp3) is 0.812. The van der Waals surface area contributed by atoms with Crippen molar-refractivity contribution in [2.24, 2.45) is 0 Å². The second kappa shape index (κ2) is 12.6. The fourth-order valence-corrected chi connectivity index (χ4v) is 2.07. The average Bonchev–Trinajstić information content (AvgIpc) is 2.61. The molecule has 1 unspecified atom stereocenters. The largest absolute Gasteiger partial charge is 0.480 e. The molecular weight excluding hydrogens is 344 g/mol. The third-order valence-electron chi connectivity index (χ3n) is 4.21. The van der Waals surface area contributed by atoms with E-state index >= 15 is 0 Å². The van der Waals surface area contributed by atoms with Crippen LogP contribution in [-0.4, -0.2) is 109 Å². The zero-order valence-corrected chi connectivity index (χ0v) is 16.6. The molecule has 0 spiro atoms. The van der Waals surface area contributed by atoms with E-state index in [-0.39, 0.29) is 38.2 Å². The Kier molecular flexibility index (Phi) is 11.7. The molecule has 1 N–H and O–H groups in total. The first-order valence-corrected chi connectivity index (χ1v) is 8.51. The first-order chi connectivity index (χ1) is 12.2. The Hall–Kier alpha value is -1.75. The van der Waals surface area contributed by atoms with Crippen molar-refractivity contribution in [1.82, 2.24) is 19.6 Å². The third kappa shape index (κ3) is 8.56. The summed E-state index contributed by atoms with van der Waals surface area (Å²) in [5.74, 6) is -1.41. The molecule has 152 valence electrons. The highest BCUT2D eigenvalue weighted by Gasteiger charge is 2.28. The van der Waals surface area contributed by atoms with Crippen LogP contribution >= 0.6 is 0 Å². The summed E-state index contributed by atoms with van der Waals surface area (Å²) in [5.41, 5.74) is 0. The molecule has 10 nitrogen and oxygen atoms in total. The van der Waals surface area contributed by atoms with Crippen molar-refractivity contribution in [3.05, 3.63) is 0 Å². The number of aliphatic carboxylic acids is 1. The number of carbonyl (C=O) groups is 3. The van der Waals surface area contributed by atoms with Gasteiger partial charge in [-0.1, -0.05) is 0 Å². The van der Waals surface area contributed by atoms with Gasteiger partial charge in [0.2, 0.25) is 11.8 Å². The van der Waals surface area contributed by atoms with Crippen molar-refractivity contribution in [3.63, 3.8) is 0 Å². The molecule has 1 atom stereocenters. The van der Waals surface area contributed by atoms with Crippen LogP contribution in [0.4, 0.5) is 0 Å². The van der Waals surface area contributed by atoms with E-state index in [1.165, 1.54) is 16.9 Å². The molecule has 0 aromatic carbocycles. The Morgan fingerprint density at radius 1 is 0.923 bits per heavy atom. The molecule has 0 heterocycles. The molecule has 10 heteroatoms. The monoisotopic (exact) mass is 376 g/mol. The first kappa shape index (κ1) is 24.2. The lowest BCUT2D eigenvalue weighted by molar-refractivity contribution is -0.301. The predicted molar refractivity (Wildman–Crippen MR) is 95.0 cm³/mol. The van der Waals surface area contributed by atoms with Crippen LogP contribution in [0, 0.1) is 0 Å². The number of carboxylic acids is 1. The minimum atomic E-state index is -1.06. The molecule has 0 aromatic rings. The van der Waals surface area contributed by atoms with Gasteiger partial charge >= 0.3 is 5.97 Å². The van der Waals surface area contributed by atoms with Crippen LogP contribution in [0.25, 0.3) is 0 Å². The molecule has 0 aliphatic carbocycles. The molecule has 2 amide bonds. The lowest BCUT2D eigenvalue weighted by atomic mass is 10.3. The van der Waals surface area contributed by atoms with Crippen LogP contribution in [-0.2, 0) is 24.2 Å². The van der Waals surface area contributed by atoms with Gasteiger partial charge in [0.25, 0.3) is 0 Å². The SMILES string of the molecule is CCN(C)C(=O)CN(COOC)C(C)N(CC(=O)O)CC(=O)N(C)CC. The Labute approximate surface area is 155 Å². The van der Waals surface area contributed by atoms with E-state index in [1.54, 1.807) is 30.8 Å². The lowest BCUT2D eigenvalue weighted by Gasteiger charge is -2.36. The highest BCUT2D eigenvalue weighted by molar-refractivity contribution is 5.79. The number of nitrogens with zero attached hydrogens (tertiary/aromatic N) is 4. The molecule has 0 aliphatic rings. The zero-order valence-electron chi connectivity index (χ0n) is 16.6.